The lowest BCUT2D eigenvalue weighted by Crippen LogP contribution is -2.28. The molecule has 0 aliphatic rings. The third-order valence-electron chi connectivity index (χ3n) is 2.00. The first-order valence-corrected chi connectivity index (χ1v) is 4.54. The van der Waals surface area contributed by atoms with Crippen molar-refractivity contribution in [1.82, 2.24) is 5.32 Å². The molecule has 1 aromatic rings. The highest BCUT2D eigenvalue weighted by Crippen LogP contribution is 2.08. The lowest BCUT2D eigenvalue weighted by molar-refractivity contribution is -0.136. The third kappa shape index (κ3) is 3.16. The van der Waals surface area contributed by atoms with E-state index in [9.17, 15) is 14.0 Å². The molecule has 0 bridgehead atoms. The van der Waals surface area contributed by atoms with Crippen LogP contribution in [0.25, 0.3) is 0 Å². The molecule has 1 N–H and O–H groups in total. The molecule has 1 amide bonds. The second kappa shape index (κ2) is 4.68. The lowest BCUT2D eigenvalue weighted by Gasteiger charge is -2.04. The minimum atomic E-state index is -0.628. The summed E-state index contributed by atoms with van der Waals surface area (Å²) in [6.07, 6.45) is 0. The zero-order valence-corrected chi connectivity index (χ0v) is 8.63. The molecule has 1 aromatic carbocycles. The maximum absolute atomic E-state index is 12.9. The van der Waals surface area contributed by atoms with Crippen molar-refractivity contribution < 1.29 is 14.0 Å². The van der Waals surface area contributed by atoms with Gasteiger partial charge in [-0.05, 0) is 24.1 Å². The summed E-state index contributed by atoms with van der Waals surface area (Å²) in [5, 5.41) is 2.43. The predicted molar refractivity (Wildman–Crippen MR) is 53.7 cm³/mol. The largest absolute Gasteiger partial charge is 0.345 e. The molecule has 0 aliphatic carbocycles. The van der Waals surface area contributed by atoms with Crippen LogP contribution in [0.3, 0.4) is 0 Å². The van der Waals surface area contributed by atoms with E-state index in [1.807, 2.05) is 0 Å². The fraction of sp³-hybridized carbons (Fsp3) is 0.273. The van der Waals surface area contributed by atoms with Gasteiger partial charge in [-0.1, -0.05) is 12.1 Å². The van der Waals surface area contributed by atoms with Gasteiger partial charge in [0, 0.05) is 13.5 Å². The third-order valence-corrected chi connectivity index (χ3v) is 2.00. The predicted octanol–water partition coefficient (Wildman–Crippen LogP) is 1.34. The summed E-state index contributed by atoms with van der Waals surface area (Å²) in [6.45, 7) is 3.08. The molecule has 0 atom stereocenters. The van der Waals surface area contributed by atoms with Crippen LogP contribution in [-0.4, -0.2) is 11.7 Å². The van der Waals surface area contributed by atoms with Gasteiger partial charge in [0.2, 0.25) is 5.78 Å². The van der Waals surface area contributed by atoms with Crippen LogP contribution >= 0.6 is 0 Å². The van der Waals surface area contributed by atoms with Gasteiger partial charge in [0.1, 0.15) is 5.82 Å². The van der Waals surface area contributed by atoms with Crippen LogP contribution in [0.5, 0.6) is 0 Å². The second-order valence-corrected chi connectivity index (χ2v) is 3.32. The van der Waals surface area contributed by atoms with E-state index in [4.69, 9.17) is 0 Å². The zero-order chi connectivity index (χ0) is 11.4. The fourth-order valence-electron chi connectivity index (χ4n) is 1.12. The van der Waals surface area contributed by atoms with Gasteiger partial charge >= 0.3 is 0 Å². The van der Waals surface area contributed by atoms with E-state index in [2.05, 4.69) is 5.32 Å². The molecule has 0 fully saturated rings. The monoisotopic (exact) mass is 209 g/mol. The Labute approximate surface area is 87.3 Å². The SMILES string of the molecule is CC(=O)C(=O)NCc1ccc(F)c(C)c1. The molecule has 0 spiro atoms. The Morgan fingerprint density at radius 2 is 2.07 bits per heavy atom. The van der Waals surface area contributed by atoms with Crippen LogP contribution in [0.15, 0.2) is 18.2 Å². The van der Waals surface area contributed by atoms with E-state index in [0.717, 1.165) is 5.56 Å². The number of amides is 1. The van der Waals surface area contributed by atoms with Crippen LogP contribution < -0.4 is 5.32 Å². The second-order valence-electron chi connectivity index (χ2n) is 3.32. The quantitative estimate of drug-likeness (QED) is 0.763. The molecular weight excluding hydrogens is 197 g/mol. The Kier molecular flexibility index (Phi) is 3.55. The summed E-state index contributed by atoms with van der Waals surface area (Å²) in [7, 11) is 0. The molecule has 0 saturated heterocycles. The smallest absolute Gasteiger partial charge is 0.287 e. The summed E-state index contributed by atoms with van der Waals surface area (Å²) >= 11 is 0. The van der Waals surface area contributed by atoms with E-state index in [0.29, 0.717) is 5.56 Å². The molecule has 0 heterocycles. The highest BCUT2D eigenvalue weighted by atomic mass is 19.1. The highest BCUT2D eigenvalue weighted by Gasteiger charge is 2.06. The summed E-state index contributed by atoms with van der Waals surface area (Å²) in [5.41, 5.74) is 1.29. The number of ketones is 1. The highest BCUT2D eigenvalue weighted by molar-refractivity contribution is 6.35. The summed E-state index contributed by atoms with van der Waals surface area (Å²) in [5.74, 6) is -1.44. The van der Waals surface area contributed by atoms with E-state index in [1.54, 1.807) is 19.1 Å². The van der Waals surface area contributed by atoms with Crippen molar-refractivity contribution >= 4 is 11.7 Å². The number of rotatable bonds is 3. The topological polar surface area (TPSA) is 46.2 Å². The zero-order valence-electron chi connectivity index (χ0n) is 8.63. The molecule has 0 aromatic heterocycles. The van der Waals surface area contributed by atoms with Gasteiger partial charge < -0.3 is 5.32 Å². The van der Waals surface area contributed by atoms with Gasteiger partial charge in [-0.3, -0.25) is 9.59 Å². The Morgan fingerprint density at radius 3 is 2.60 bits per heavy atom. The number of hydrogen-bond donors (Lipinski definition) is 1. The molecule has 4 heteroatoms. The number of nitrogens with one attached hydrogen (secondary N) is 1. The first kappa shape index (κ1) is 11.4. The van der Waals surface area contributed by atoms with Crippen LogP contribution in [0, 0.1) is 12.7 Å². The van der Waals surface area contributed by atoms with Crippen LogP contribution in [0.1, 0.15) is 18.1 Å². The number of hydrogen-bond acceptors (Lipinski definition) is 2. The molecule has 80 valence electrons. The van der Waals surface area contributed by atoms with Crippen molar-refractivity contribution in [2.75, 3.05) is 0 Å². The van der Waals surface area contributed by atoms with Gasteiger partial charge in [0.15, 0.2) is 0 Å². The van der Waals surface area contributed by atoms with Crippen molar-refractivity contribution in [3.63, 3.8) is 0 Å². The number of halogens is 1. The summed E-state index contributed by atoms with van der Waals surface area (Å²) in [4.78, 5) is 21.5. The van der Waals surface area contributed by atoms with Crippen LogP contribution in [0.2, 0.25) is 0 Å². The van der Waals surface area contributed by atoms with Gasteiger partial charge in [-0.25, -0.2) is 4.39 Å². The Morgan fingerprint density at radius 1 is 1.40 bits per heavy atom. The Hall–Kier alpha value is -1.71. The van der Waals surface area contributed by atoms with E-state index in [-0.39, 0.29) is 12.4 Å². The normalized spacial score (nSPS) is 9.80. The molecule has 15 heavy (non-hydrogen) atoms. The standard InChI is InChI=1S/C11H12FNO2/c1-7-5-9(3-4-10(7)12)6-13-11(15)8(2)14/h3-5H,6H2,1-2H3,(H,13,15). The molecule has 0 aliphatic heterocycles. The maximum atomic E-state index is 12.9. The number of Topliss-reactive ketones (excluding diaryl/α,β-unsaturated/α-hetero) is 1. The van der Waals surface area contributed by atoms with Gasteiger partial charge in [-0.15, -0.1) is 0 Å². The number of carbonyl (C=O) groups is 2. The van der Waals surface area contributed by atoms with Crippen molar-refractivity contribution in [1.29, 1.82) is 0 Å². The van der Waals surface area contributed by atoms with Crippen molar-refractivity contribution in [2.45, 2.75) is 20.4 Å². The molecular formula is C11H12FNO2. The van der Waals surface area contributed by atoms with Crippen molar-refractivity contribution in [3.05, 3.63) is 35.1 Å². The Bertz CT molecular complexity index is 402. The average Bonchev–Trinajstić information content (AvgIpc) is 2.19. The minimum absolute atomic E-state index is 0.236. The van der Waals surface area contributed by atoms with Gasteiger partial charge in [0.25, 0.3) is 5.91 Å². The lowest BCUT2D eigenvalue weighted by atomic mass is 10.1. The van der Waals surface area contributed by atoms with Gasteiger partial charge in [0.05, 0.1) is 0 Å². The van der Waals surface area contributed by atoms with E-state index < -0.39 is 11.7 Å². The molecule has 0 saturated carbocycles. The number of benzene rings is 1. The molecule has 0 unspecified atom stereocenters. The van der Waals surface area contributed by atoms with Gasteiger partial charge in [-0.2, -0.15) is 0 Å². The first-order valence-electron chi connectivity index (χ1n) is 4.54. The number of carbonyl (C=O) groups excluding carboxylic acids is 2. The van der Waals surface area contributed by atoms with Crippen molar-refractivity contribution in [3.8, 4) is 0 Å². The number of aryl methyl sites for hydroxylation is 1. The van der Waals surface area contributed by atoms with Crippen LogP contribution in [-0.2, 0) is 16.1 Å². The Balaban J connectivity index is 2.62. The first-order chi connectivity index (χ1) is 7.00. The molecule has 1 rings (SSSR count). The fourth-order valence-corrected chi connectivity index (χ4v) is 1.12. The molecule has 3 nitrogen and oxygen atoms in total. The van der Waals surface area contributed by atoms with E-state index >= 15 is 0 Å². The summed E-state index contributed by atoms with van der Waals surface area (Å²) in [6, 6.07) is 4.54. The van der Waals surface area contributed by atoms with E-state index in [1.165, 1.54) is 13.0 Å². The molecule has 0 radical (unpaired) electrons. The minimum Gasteiger partial charge on any atom is -0.345 e. The average molecular weight is 209 g/mol. The maximum Gasteiger partial charge on any atom is 0.287 e. The van der Waals surface area contributed by atoms with Crippen molar-refractivity contribution in [2.24, 2.45) is 0 Å². The van der Waals surface area contributed by atoms with Crippen LogP contribution in [0.4, 0.5) is 4.39 Å². The summed E-state index contributed by atoms with van der Waals surface area (Å²) < 4.78 is 12.9.